The fourth-order valence-electron chi connectivity index (χ4n) is 4.59. The number of aryl methyl sites for hydroxylation is 1. The number of nitrogens with zero attached hydrogens (tertiary/aromatic N) is 4. The van der Waals surface area contributed by atoms with Crippen LogP contribution in [0.15, 0.2) is 53.7 Å². The number of hydrogen-bond donors (Lipinski definition) is 2. The van der Waals surface area contributed by atoms with E-state index in [-0.39, 0.29) is 5.41 Å². The van der Waals surface area contributed by atoms with Crippen molar-refractivity contribution in [3.8, 4) is 0 Å². The molecule has 2 heterocycles. The Morgan fingerprint density at radius 1 is 1.03 bits per heavy atom. The predicted molar refractivity (Wildman–Crippen MR) is 117 cm³/mol. The minimum Gasteiger partial charge on any atom is -0.356 e. The molecule has 0 amide bonds. The van der Waals surface area contributed by atoms with Gasteiger partial charge in [-0.15, -0.1) is 10.2 Å². The highest BCUT2D eigenvalue weighted by Crippen LogP contribution is 2.40. The Bertz CT molecular complexity index is 984. The molecule has 6 heteroatoms. The van der Waals surface area contributed by atoms with Crippen molar-refractivity contribution < 1.29 is 0 Å². The maximum atomic E-state index is 4.44. The lowest BCUT2D eigenvalue weighted by Gasteiger charge is -2.39. The fraction of sp³-hybridized carbons (Fsp3) is 0.435. The summed E-state index contributed by atoms with van der Waals surface area (Å²) in [7, 11) is 1.82. The van der Waals surface area contributed by atoms with Crippen LogP contribution in [0.1, 0.15) is 49.1 Å². The summed E-state index contributed by atoms with van der Waals surface area (Å²) < 4.78 is 2.00. The molecule has 1 aromatic carbocycles. The molecule has 0 saturated heterocycles. The molecule has 1 aliphatic rings. The van der Waals surface area contributed by atoms with Gasteiger partial charge in [0.2, 0.25) is 0 Å². The molecule has 1 aliphatic carbocycles. The largest absolute Gasteiger partial charge is 0.356 e. The molecule has 152 valence electrons. The van der Waals surface area contributed by atoms with E-state index in [0.29, 0.717) is 6.54 Å². The van der Waals surface area contributed by atoms with Gasteiger partial charge in [-0.25, -0.2) is 0 Å². The van der Waals surface area contributed by atoms with E-state index in [9.17, 15) is 0 Å². The van der Waals surface area contributed by atoms with Crippen molar-refractivity contribution in [3.05, 3.63) is 65.6 Å². The van der Waals surface area contributed by atoms with E-state index in [1.807, 2.05) is 35.8 Å². The first kappa shape index (κ1) is 19.4. The van der Waals surface area contributed by atoms with Crippen molar-refractivity contribution in [2.45, 2.75) is 51.0 Å². The van der Waals surface area contributed by atoms with Crippen LogP contribution in [-0.4, -0.2) is 34.2 Å². The zero-order chi connectivity index (χ0) is 20.1. The number of guanidine groups is 1. The van der Waals surface area contributed by atoms with E-state index in [4.69, 9.17) is 0 Å². The minimum absolute atomic E-state index is 0.169. The van der Waals surface area contributed by atoms with Crippen molar-refractivity contribution in [2.24, 2.45) is 4.99 Å². The highest BCUT2D eigenvalue weighted by Gasteiger charge is 2.35. The van der Waals surface area contributed by atoms with Crippen LogP contribution in [0.3, 0.4) is 0 Å². The van der Waals surface area contributed by atoms with E-state index in [1.165, 1.54) is 43.2 Å². The van der Waals surface area contributed by atoms with Gasteiger partial charge < -0.3 is 10.6 Å². The van der Waals surface area contributed by atoms with E-state index in [0.717, 1.165) is 24.0 Å². The van der Waals surface area contributed by atoms with E-state index < -0.39 is 0 Å². The molecule has 2 aromatic heterocycles. The lowest BCUT2D eigenvalue weighted by atomic mass is 9.68. The van der Waals surface area contributed by atoms with Gasteiger partial charge in [0, 0.05) is 25.2 Å². The van der Waals surface area contributed by atoms with Crippen LogP contribution in [0.5, 0.6) is 0 Å². The van der Waals surface area contributed by atoms with Gasteiger partial charge in [-0.3, -0.25) is 9.39 Å². The SMILES string of the molecule is CN=C(NCc1nnc2ccccn12)NCC1(c2ccccc2C)CCCCC1. The Balaban J connectivity index is 1.45. The van der Waals surface area contributed by atoms with Crippen molar-refractivity contribution in [2.75, 3.05) is 13.6 Å². The van der Waals surface area contributed by atoms with Crippen LogP contribution in [0.25, 0.3) is 5.65 Å². The van der Waals surface area contributed by atoms with Crippen LogP contribution < -0.4 is 10.6 Å². The number of benzene rings is 1. The monoisotopic (exact) mass is 390 g/mol. The summed E-state index contributed by atoms with van der Waals surface area (Å²) in [6.07, 6.45) is 8.33. The molecule has 29 heavy (non-hydrogen) atoms. The number of nitrogens with one attached hydrogen (secondary N) is 2. The Morgan fingerprint density at radius 3 is 2.62 bits per heavy atom. The van der Waals surface area contributed by atoms with Crippen molar-refractivity contribution in [1.29, 1.82) is 0 Å². The number of rotatable bonds is 5. The van der Waals surface area contributed by atoms with Gasteiger partial charge in [0.05, 0.1) is 6.54 Å². The molecule has 4 rings (SSSR count). The zero-order valence-corrected chi connectivity index (χ0v) is 17.4. The van der Waals surface area contributed by atoms with Crippen LogP contribution in [0, 0.1) is 6.92 Å². The van der Waals surface area contributed by atoms with Crippen molar-refractivity contribution in [1.82, 2.24) is 25.2 Å². The van der Waals surface area contributed by atoms with Crippen LogP contribution in [0.4, 0.5) is 0 Å². The molecule has 1 fully saturated rings. The highest BCUT2D eigenvalue weighted by molar-refractivity contribution is 5.79. The average molecular weight is 391 g/mol. The summed E-state index contributed by atoms with van der Waals surface area (Å²) in [5.41, 5.74) is 3.89. The number of pyridine rings is 1. The van der Waals surface area contributed by atoms with Gasteiger partial charge in [0.15, 0.2) is 17.4 Å². The lowest BCUT2D eigenvalue weighted by Crippen LogP contribution is -2.46. The summed E-state index contributed by atoms with van der Waals surface area (Å²) in [5, 5.41) is 15.5. The molecule has 0 bridgehead atoms. The number of aromatic nitrogens is 3. The summed E-state index contributed by atoms with van der Waals surface area (Å²) in [4.78, 5) is 4.44. The first-order chi connectivity index (χ1) is 14.2. The van der Waals surface area contributed by atoms with Gasteiger partial charge >= 0.3 is 0 Å². The molecule has 0 atom stereocenters. The minimum atomic E-state index is 0.169. The van der Waals surface area contributed by atoms with Gasteiger partial charge in [0.25, 0.3) is 0 Å². The first-order valence-electron chi connectivity index (χ1n) is 10.5. The third kappa shape index (κ3) is 4.11. The zero-order valence-electron chi connectivity index (χ0n) is 17.4. The number of fused-ring (bicyclic) bond motifs is 1. The second kappa shape index (κ2) is 8.64. The Morgan fingerprint density at radius 2 is 1.83 bits per heavy atom. The summed E-state index contributed by atoms with van der Waals surface area (Å²) in [6.45, 7) is 3.69. The summed E-state index contributed by atoms with van der Waals surface area (Å²) in [5.74, 6) is 1.67. The molecule has 0 spiro atoms. The molecule has 0 unspecified atom stereocenters. The molecule has 6 nitrogen and oxygen atoms in total. The normalized spacial score (nSPS) is 16.7. The van der Waals surface area contributed by atoms with Crippen LogP contribution >= 0.6 is 0 Å². The van der Waals surface area contributed by atoms with Crippen LogP contribution in [0.2, 0.25) is 0 Å². The number of aliphatic imine (C=N–C) groups is 1. The van der Waals surface area contributed by atoms with E-state index in [1.54, 1.807) is 0 Å². The molecule has 1 saturated carbocycles. The number of hydrogen-bond acceptors (Lipinski definition) is 3. The van der Waals surface area contributed by atoms with Gasteiger partial charge in [0.1, 0.15) is 0 Å². The summed E-state index contributed by atoms with van der Waals surface area (Å²) in [6, 6.07) is 14.8. The molecule has 2 N–H and O–H groups in total. The Kier molecular flexibility index (Phi) is 5.79. The molecule has 0 radical (unpaired) electrons. The fourth-order valence-corrected chi connectivity index (χ4v) is 4.59. The van der Waals surface area contributed by atoms with Gasteiger partial charge in [-0.2, -0.15) is 0 Å². The standard InChI is InChI=1S/C23H30N6/c1-18-10-4-5-11-19(18)23(13-7-3-8-14-23)17-26-22(24-2)25-16-21-28-27-20-12-6-9-15-29(20)21/h4-6,9-12,15H,3,7-8,13-14,16-17H2,1-2H3,(H2,24,25,26). The van der Waals surface area contributed by atoms with Gasteiger partial charge in [-0.1, -0.05) is 49.6 Å². The Hall–Kier alpha value is -2.89. The highest BCUT2D eigenvalue weighted by atomic mass is 15.3. The second-order valence-electron chi connectivity index (χ2n) is 7.98. The third-order valence-electron chi connectivity index (χ3n) is 6.14. The smallest absolute Gasteiger partial charge is 0.191 e. The van der Waals surface area contributed by atoms with Crippen LogP contribution in [-0.2, 0) is 12.0 Å². The average Bonchev–Trinajstić information content (AvgIpc) is 3.18. The predicted octanol–water partition coefficient (Wildman–Crippen LogP) is 3.60. The van der Waals surface area contributed by atoms with E-state index >= 15 is 0 Å². The molecule has 0 aliphatic heterocycles. The molecule has 3 aromatic rings. The third-order valence-corrected chi connectivity index (χ3v) is 6.14. The maximum absolute atomic E-state index is 4.44. The topological polar surface area (TPSA) is 66.6 Å². The van der Waals surface area contributed by atoms with Crippen molar-refractivity contribution in [3.63, 3.8) is 0 Å². The quantitative estimate of drug-likeness (QED) is 0.516. The summed E-state index contributed by atoms with van der Waals surface area (Å²) >= 11 is 0. The Labute approximate surface area is 172 Å². The first-order valence-corrected chi connectivity index (χ1v) is 10.5. The maximum Gasteiger partial charge on any atom is 0.191 e. The second-order valence-corrected chi connectivity index (χ2v) is 7.98. The van der Waals surface area contributed by atoms with Crippen molar-refractivity contribution >= 4 is 11.6 Å². The van der Waals surface area contributed by atoms with E-state index in [2.05, 4.69) is 57.0 Å². The lowest BCUT2D eigenvalue weighted by molar-refractivity contribution is 0.290. The molecular weight excluding hydrogens is 360 g/mol. The molecular formula is C23H30N6. The van der Waals surface area contributed by atoms with Gasteiger partial charge in [-0.05, 0) is 43.0 Å².